The molecule has 0 bridgehead atoms. The van der Waals surface area contributed by atoms with Gasteiger partial charge in [-0.2, -0.15) is 5.26 Å². The van der Waals surface area contributed by atoms with Gasteiger partial charge in [-0.05, 0) is 29.5 Å². The zero-order valence-electron chi connectivity index (χ0n) is 18.2. The lowest BCUT2D eigenvalue weighted by molar-refractivity contribution is -0.384. The third kappa shape index (κ3) is 3.78. The van der Waals surface area contributed by atoms with E-state index in [-0.39, 0.29) is 23.3 Å². The molecule has 0 saturated carbocycles. The largest absolute Gasteiger partial charge is 0.368 e. The van der Waals surface area contributed by atoms with E-state index in [0.29, 0.717) is 40.2 Å². The quantitative estimate of drug-likeness (QED) is 0.465. The second kappa shape index (κ2) is 8.02. The summed E-state index contributed by atoms with van der Waals surface area (Å²) in [6.45, 7) is 3.97. The summed E-state index contributed by atoms with van der Waals surface area (Å²) in [7, 11) is 0. The SMILES string of the molecule is CC1(C)CC(=O)c2c(C(C#N)C(N)=O)c(-c3ccccc3)n(-c3ccc([N+](=O)[O-])cc3)c2C1. The molecule has 0 radical (unpaired) electrons. The Morgan fingerprint density at radius 1 is 1.15 bits per heavy atom. The highest BCUT2D eigenvalue weighted by molar-refractivity contribution is 6.05. The van der Waals surface area contributed by atoms with Gasteiger partial charge in [-0.1, -0.05) is 44.2 Å². The third-order valence-electron chi connectivity index (χ3n) is 5.94. The lowest BCUT2D eigenvalue weighted by Crippen LogP contribution is -2.29. The van der Waals surface area contributed by atoms with Gasteiger partial charge in [0.15, 0.2) is 11.7 Å². The van der Waals surface area contributed by atoms with Gasteiger partial charge in [-0.15, -0.1) is 0 Å². The number of nitrogens with two attached hydrogens (primary N) is 1. The van der Waals surface area contributed by atoms with Crippen molar-refractivity contribution < 1.29 is 14.5 Å². The molecule has 0 fully saturated rings. The van der Waals surface area contributed by atoms with E-state index in [1.807, 2.05) is 54.8 Å². The van der Waals surface area contributed by atoms with Crippen molar-refractivity contribution in [2.45, 2.75) is 32.6 Å². The summed E-state index contributed by atoms with van der Waals surface area (Å²) in [5.41, 5.74) is 8.31. The highest BCUT2D eigenvalue weighted by atomic mass is 16.6. The van der Waals surface area contributed by atoms with Crippen LogP contribution in [0.5, 0.6) is 0 Å². The zero-order valence-corrected chi connectivity index (χ0v) is 18.2. The Morgan fingerprint density at radius 3 is 2.33 bits per heavy atom. The lowest BCUT2D eigenvalue weighted by Gasteiger charge is -2.30. The fourth-order valence-electron chi connectivity index (χ4n) is 4.60. The molecule has 33 heavy (non-hydrogen) atoms. The van der Waals surface area contributed by atoms with Gasteiger partial charge in [0.2, 0.25) is 5.91 Å². The number of carbonyl (C=O) groups excluding carboxylic acids is 2. The van der Waals surface area contributed by atoms with Crippen LogP contribution in [-0.2, 0) is 11.2 Å². The minimum Gasteiger partial charge on any atom is -0.368 e. The number of Topliss-reactive ketones (excluding diaryl/α,β-unsaturated/α-hetero) is 1. The van der Waals surface area contributed by atoms with Gasteiger partial charge in [0.25, 0.3) is 5.69 Å². The number of fused-ring (bicyclic) bond motifs is 1. The van der Waals surface area contributed by atoms with E-state index in [1.54, 1.807) is 12.1 Å². The van der Waals surface area contributed by atoms with Crippen molar-refractivity contribution in [1.29, 1.82) is 5.26 Å². The molecule has 0 aliphatic heterocycles. The summed E-state index contributed by atoms with van der Waals surface area (Å²) >= 11 is 0. The monoisotopic (exact) mass is 442 g/mol. The zero-order chi connectivity index (χ0) is 23.9. The second-order valence-electron chi connectivity index (χ2n) is 8.96. The van der Waals surface area contributed by atoms with Crippen LogP contribution in [0.15, 0.2) is 54.6 Å². The Hall–Kier alpha value is -4.25. The van der Waals surface area contributed by atoms with Gasteiger partial charge in [0, 0.05) is 41.1 Å². The van der Waals surface area contributed by atoms with Crippen molar-refractivity contribution in [2.24, 2.45) is 11.1 Å². The van der Waals surface area contributed by atoms with Gasteiger partial charge < -0.3 is 10.3 Å². The minimum absolute atomic E-state index is 0.0651. The molecule has 1 aliphatic carbocycles. The Balaban J connectivity index is 2.14. The predicted molar refractivity (Wildman–Crippen MR) is 122 cm³/mol. The standard InChI is InChI=1S/C25H22N4O4/c1-25(2)12-19-22(20(30)13-25)21(18(14-26)24(27)31)23(15-6-4-3-5-7-15)28(19)16-8-10-17(11-9-16)29(32)33/h3-11,18H,12-13H2,1-2H3,(H2,27,31). The van der Waals surface area contributed by atoms with E-state index in [0.717, 1.165) is 0 Å². The number of benzene rings is 2. The predicted octanol–water partition coefficient (Wildman–Crippen LogP) is 4.30. The van der Waals surface area contributed by atoms with Crippen molar-refractivity contribution in [1.82, 2.24) is 4.57 Å². The minimum atomic E-state index is -1.32. The Morgan fingerprint density at radius 2 is 1.79 bits per heavy atom. The number of hydrogen-bond acceptors (Lipinski definition) is 5. The second-order valence-corrected chi connectivity index (χ2v) is 8.96. The van der Waals surface area contributed by atoms with Crippen molar-refractivity contribution in [2.75, 3.05) is 0 Å². The first-order valence-corrected chi connectivity index (χ1v) is 10.4. The Labute approximate surface area is 190 Å². The molecule has 8 heteroatoms. The number of nitriles is 1. The van der Waals surface area contributed by atoms with Crippen molar-refractivity contribution >= 4 is 17.4 Å². The maximum absolute atomic E-state index is 13.4. The topological polar surface area (TPSA) is 132 Å². The fraction of sp³-hybridized carbons (Fsp3) is 0.240. The van der Waals surface area contributed by atoms with Crippen molar-refractivity contribution in [3.63, 3.8) is 0 Å². The summed E-state index contributed by atoms with van der Waals surface area (Å²) in [6.07, 6.45) is 0.782. The van der Waals surface area contributed by atoms with Crippen LogP contribution in [0.4, 0.5) is 5.69 Å². The molecule has 1 unspecified atom stereocenters. The molecule has 166 valence electrons. The first-order chi connectivity index (χ1) is 15.6. The Bertz CT molecular complexity index is 1320. The van der Waals surface area contributed by atoms with E-state index < -0.39 is 16.7 Å². The maximum atomic E-state index is 13.4. The number of ketones is 1. The van der Waals surface area contributed by atoms with Gasteiger partial charge in [-0.3, -0.25) is 19.7 Å². The molecule has 8 nitrogen and oxygen atoms in total. The van der Waals surface area contributed by atoms with Crippen LogP contribution < -0.4 is 5.73 Å². The number of rotatable bonds is 5. The first kappa shape index (κ1) is 22.0. The van der Waals surface area contributed by atoms with Gasteiger partial charge >= 0.3 is 0 Å². The number of aromatic nitrogens is 1. The summed E-state index contributed by atoms with van der Waals surface area (Å²) < 4.78 is 1.84. The highest BCUT2D eigenvalue weighted by Gasteiger charge is 2.41. The average Bonchev–Trinajstić information content (AvgIpc) is 3.08. The van der Waals surface area contributed by atoms with Gasteiger partial charge in [0.05, 0.1) is 16.7 Å². The molecule has 1 aromatic heterocycles. The van der Waals surface area contributed by atoms with Crippen LogP contribution in [0.2, 0.25) is 0 Å². The molecule has 0 saturated heterocycles. The number of carbonyl (C=O) groups is 2. The molecule has 3 aromatic rings. The van der Waals surface area contributed by atoms with E-state index >= 15 is 0 Å². The van der Waals surface area contributed by atoms with E-state index in [1.165, 1.54) is 12.1 Å². The third-order valence-corrected chi connectivity index (χ3v) is 5.94. The number of hydrogen-bond donors (Lipinski definition) is 1. The molecule has 0 spiro atoms. The van der Waals surface area contributed by atoms with Gasteiger partial charge in [-0.25, -0.2) is 0 Å². The van der Waals surface area contributed by atoms with Crippen LogP contribution in [0.3, 0.4) is 0 Å². The number of nitro groups is 1. The number of nitro benzene ring substituents is 1. The number of amides is 1. The average molecular weight is 442 g/mol. The van der Waals surface area contributed by atoms with Gasteiger partial charge in [0.1, 0.15) is 0 Å². The summed E-state index contributed by atoms with van der Waals surface area (Å²) in [5, 5.41) is 21.0. The molecule has 4 rings (SSSR count). The Kier molecular flexibility index (Phi) is 5.34. The highest BCUT2D eigenvalue weighted by Crippen LogP contribution is 2.45. The van der Waals surface area contributed by atoms with Crippen LogP contribution in [-0.4, -0.2) is 21.2 Å². The number of primary amides is 1. The molecular formula is C25H22N4O4. The molecule has 2 aromatic carbocycles. The molecule has 2 N–H and O–H groups in total. The summed E-state index contributed by atoms with van der Waals surface area (Å²) in [6, 6.07) is 17.1. The van der Waals surface area contributed by atoms with E-state index in [9.17, 15) is 25.0 Å². The van der Waals surface area contributed by atoms with Crippen molar-refractivity contribution in [3.05, 3.63) is 81.5 Å². The van der Waals surface area contributed by atoms with Crippen molar-refractivity contribution in [3.8, 4) is 23.0 Å². The smallest absolute Gasteiger partial charge is 0.269 e. The normalized spacial score (nSPS) is 15.4. The van der Waals surface area contributed by atoms with E-state index in [4.69, 9.17) is 5.73 Å². The summed E-state index contributed by atoms with van der Waals surface area (Å²) in [4.78, 5) is 36.4. The van der Waals surface area contributed by atoms with Crippen LogP contribution in [0.25, 0.3) is 16.9 Å². The van der Waals surface area contributed by atoms with Crippen LogP contribution >= 0.6 is 0 Å². The molecule has 1 aliphatic rings. The first-order valence-electron chi connectivity index (χ1n) is 10.4. The molecule has 1 heterocycles. The number of non-ortho nitro benzene ring substituents is 1. The molecule has 1 atom stereocenters. The van der Waals surface area contributed by atoms with Crippen LogP contribution in [0, 0.1) is 26.9 Å². The maximum Gasteiger partial charge on any atom is 0.269 e. The van der Waals surface area contributed by atoms with Crippen LogP contribution in [0.1, 0.15) is 47.8 Å². The van der Waals surface area contributed by atoms with E-state index in [2.05, 4.69) is 0 Å². The summed E-state index contributed by atoms with van der Waals surface area (Å²) in [5.74, 6) is -2.31. The fourth-order valence-corrected chi connectivity index (χ4v) is 4.60. The number of nitrogens with zero attached hydrogens (tertiary/aromatic N) is 3. The molecule has 1 amide bonds. The molecular weight excluding hydrogens is 420 g/mol. The lowest BCUT2D eigenvalue weighted by atomic mass is 9.74.